The SMILES string of the molecule is COc1ccc2c(c1)CC[C@@H]1[C@@H]2CC[C@@]2(C)[C@H]1CC[C@@]2(O)c1cc(-c2ccccc2)c(=O)oc1-c1ccccc1. The molecule has 0 bridgehead atoms. The van der Waals surface area contributed by atoms with E-state index in [-0.39, 0.29) is 11.0 Å². The molecule has 7 rings (SSSR count). The van der Waals surface area contributed by atoms with Crippen molar-refractivity contribution in [3.63, 3.8) is 0 Å². The Morgan fingerprint density at radius 3 is 2.33 bits per heavy atom. The molecule has 2 fully saturated rings. The van der Waals surface area contributed by atoms with E-state index in [4.69, 9.17) is 9.15 Å². The van der Waals surface area contributed by atoms with E-state index in [1.807, 2.05) is 66.7 Å². The molecule has 0 aliphatic heterocycles. The van der Waals surface area contributed by atoms with Crippen LogP contribution in [-0.4, -0.2) is 12.2 Å². The van der Waals surface area contributed by atoms with Crippen molar-refractivity contribution in [3.05, 3.63) is 112 Å². The van der Waals surface area contributed by atoms with Gasteiger partial charge in [-0.25, -0.2) is 4.79 Å². The van der Waals surface area contributed by atoms with Gasteiger partial charge in [-0.2, -0.15) is 0 Å². The van der Waals surface area contributed by atoms with E-state index in [0.717, 1.165) is 54.5 Å². The molecular weight excluding hydrogens is 496 g/mol. The fraction of sp³-hybridized carbons (Fsp3) is 0.361. The number of benzene rings is 3. The number of hydrogen-bond donors (Lipinski definition) is 1. The van der Waals surface area contributed by atoms with Crippen molar-refractivity contribution in [2.75, 3.05) is 7.11 Å². The van der Waals surface area contributed by atoms with Crippen LogP contribution >= 0.6 is 0 Å². The summed E-state index contributed by atoms with van der Waals surface area (Å²) in [6, 6.07) is 28.0. The number of aryl methyl sites for hydroxylation is 1. The van der Waals surface area contributed by atoms with Crippen LogP contribution in [0.4, 0.5) is 0 Å². The van der Waals surface area contributed by atoms with E-state index in [1.165, 1.54) is 11.1 Å². The van der Waals surface area contributed by atoms with Crippen molar-refractivity contribution in [2.24, 2.45) is 17.3 Å². The summed E-state index contributed by atoms with van der Waals surface area (Å²) in [6.45, 7) is 2.30. The fourth-order valence-corrected chi connectivity index (χ4v) is 8.55. The van der Waals surface area contributed by atoms with Gasteiger partial charge in [-0.05, 0) is 91.2 Å². The third kappa shape index (κ3) is 3.72. The Labute approximate surface area is 235 Å². The maximum Gasteiger partial charge on any atom is 0.344 e. The van der Waals surface area contributed by atoms with Gasteiger partial charge in [-0.15, -0.1) is 0 Å². The first-order valence-corrected chi connectivity index (χ1v) is 14.6. The normalized spacial score (nSPS) is 28.8. The first-order chi connectivity index (χ1) is 19.4. The molecule has 3 aliphatic rings. The van der Waals surface area contributed by atoms with Crippen LogP contribution in [0.5, 0.6) is 5.75 Å². The van der Waals surface area contributed by atoms with E-state index in [9.17, 15) is 9.90 Å². The molecule has 204 valence electrons. The summed E-state index contributed by atoms with van der Waals surface area (Å²) in [6.07, 6.45) is 5.78. The second-order valence-corrected chi connectivity index (χ2v) is 12.3. The van der Waals surface area contributed by atoms with E-state index < -0.39 is 5.60 Å². The smallest absolute Gasteiger partial charge is 0.344 e. The highest BCUT2D eigenvalue weighted by molar-refractivity contribution is 5.69. The monoisotopic (exact) mass is 532 g/mol. The summed E-state index contributed by atoms with van der Waals surface area (Å²) in [4.78, 5) is 13.3. The number of ether oxygens (including phenoxy) is 1. The number of methoxy groups -OCH3 is 1. The van der Waals surface area contributed by atoms with Crippen molar-refractivity contribution in [1.29, 1.82) is 0 Å². The summed E-state index contributed by atoms with van der Waals surface area (Å²) in [7, 11) is 1.73. The summed E-state index contributed by atoms with van der Waals surface area (Å²) in [5, 5.41) is 12.9. The van der Waals surface area contributed by atoms with Crippen LogP contribution in [-0.2, 0) is 12.0 Å². The van der Waals surface area contributed by atoms with Crippen LogP contribution in [0.3, 0.4) is 0 Å². The lowest BCUT2D eigenvalue weighted by atomic mass is 9.52. The average molecular weight is 533 g/mol. The fourth-order valence-electron chi connectivity index (χ4n) is 8.55. The maximum atomic E-state index is 13.3. The molecular formula is C36H36O4. The van der Waals surface area contributed by atoms with Crippen molar-refractivity contribution >= 4 is 0 Å². The highest BCUT2D eigenvalue weighted by atomic mass is 16.5. The Bertz CT molecular complexity index is 1610. The molecule has 5 atom stereocenters. The van der Waals surface area contributed by atoms with Crippen LogP contribution in [0.1, 0.15) is 61.6 Å². The van der Waals surface area contributed by atoms with Crippen LogP contribution in [0.25, 0.3) is 22.5 Å². The zero-order valence-electron chi connectivity index (χ0n) is 23.2. The largest absolute Gasteiger partial charge is 0.497 e. The summed E-state index contributed by atoms with van der Waals surface area (Å²) in [5.41, 5.74) is 3.97. The Kier molecular flexibility index (Phi) is 6.01. The zero-order chi connectivity index (χ0) is 27.5. The van der Waals surface area contributed by atoms with Crippen molar-refractivity contribution in [2.45, 2.75) is 57.0 Å². The van der Waals surface area contributed by atoms with Gasteiger partial charge in [0.25, 0.3) is 0 Å². The zero-order valence-corrected chi connectivity index (χ0v) is 23.2. The van der Waals surface area contributed by atoms with Crippen LogP contribution in [0.15, 0.2) is 94.1 Å². The maximum absolute atomic E-state index is 13.3. The van der Waals surface area contributed by atoms with E-state index in [0.29, 0.717) is 35.5 Å². The van der Waals surface area contributed by atoms with E-state index in [1.54, 1.807) is 7.11 Å². The second-order valence-electron chi connectivity index (χ2n) is 12.3. The van der Waals surface area contributed by atoms with Gasteiger partial charge in [-0.3, -0.25) is 0 Å². The van der Waals surface area contributed by atoms with Gasteiger partial charge in [0.15, 0.2) is 0 Å². The van der Waals surface area contributed by atoms with Gasteiger partial charge < -0.3 is 14.3 Å². The van der Waals surface area contributed by atoms with E-state index >= 15 is 0 Å². The summed E-state index contributed by atoms with van der Waals surface area (Å²) < 4.78 is 11.6. The standard InChI is InChI=1S/C36H36O4/c1-35-19-17-28-27-16-14-26(39-2)21-25(27)13-15-29(28)31(35)18-20-36(35,38)32-22-30(23-9-5-3-6-10-23)34(37)40-33(32)24-11-7-4-8-12-24/h3-12,14,16,21-22,28-29,31,38H,13,15,17-20H2,1-2H3/t28-,29-,31+,35+,36-/m1/s1. The number of fused-ring (bicyclic) bond motifs is 5. The van der Waals surface area contributed by atoms with Crippen molar-refractivity contribution in [3.8, 4) is 28.2 Å². The van der Waals surface area contributed by atoms with Gasteiger partial charge in [0, 0.05) is 16.5 Å². The first-order valence-electron chi connectivity index (χ1n) is 14.6. The number of aliphatic hydroxyl groups is 1. The minimum Gasteiger partial charge on any atom is -0.497 e. The molecule has 3 aromatic carbocycles. The molecule has 0 saturated heterocycles. The molecule has 0 amide bonds. The van der Waals surface area contributed by atoms with Gasteiger partial charge >= 0.3 is 5.63 Å². The molecule has 2 saturated carbocycles. The third-order valence-electron chi connectivity index (χ3n) is 10.6. The average Bonchev–Trinajstić information content (AvgIpc) is 3.28. The van der Waals surface area contributed by atoms with Gasteiger partial charge in [0.2, 0.25) is 0 Å². The minimum atomic E-state index is -1.10. The molecule has 3 aliphatic carbocycles. The molecule has 4 aromatic rings. The molecule has 4 heteroatoms. The molecule has 1 aromatic heterocycles. The second kappa shape index (κ2) is 9.49. The predicted octanol–water partition coefficient (Wildman–Crippen LogP) is 7.73. The highest BCUT2D eigenvalue weighted by Crippen LogP contribution is 2.67. The van der Waals surface area contributed by atoms with Crippen LogP contribution < -0.4 is 10.4 Å². The highest BCUT2D eigenvalue weighted by Gasteiger charge is 2.63. The molecule has 4 nitrogen and oxygen atoms in total. The first kappa shape index (κ1) is 25.3. The predicted molar refractivity (Wildman–Crippen MR) is 157 cm³/mol. The minimum absolute atomic E-state index is 0.324. The van der Waals surface area contributed by atoms with Gasteiger partial charge in [0.1, 0.15) is 11.5 Å². The number of hydrogen-bond acceptors (Lipinski definition) is 4. The summed E-state index contributed by atoms with van der Waals surface area (Å²) in [5.74, 6) is 2.86. The Balaban J connectivity index is 1.34. The topological polar surface area (TPSA) is 59.7 Å². The lowest BCUT2D eigenvalue weighted by Crippen LogP contribution is -2.49. The third-order valence-corrected chi connectivity index (χ3v) is 10.6. The Morgan fingerprint density at radius 2 is 1.60 bits per heavy atom. The van der Waals surface area contributed by atoms with E-state index in [2.05, 4.69) is 25.1 Å². The van der Waals surface area contributed by atoms with Gasteiger partial charge in [0.05, 0.1) is 18.3 Å². The number of rotatable bonds is 4. The Hall–Kier alpha value is -3.63. The molecule has 0 spiro atoms. The summed E-state index contributed by atoms with van der Waals surface area (Å²) >= 11 is 0. The van der Waals surface area contributed by atoms with Crippen molar-refractivity contribution < 1.29 is 14.3 Å². The van der Waals surface area contributed by atoms with Gasteiger partial charge in [-0.1, -0.05) is 73.7 Å². The van der Waals surface area contributed by atoms with Crippen molar-refractivity contribution in [1.82, 2.24) is 0 Å². The molecule has 1 N–H and O–H groups in total. The Morgan fingerprint density at radius 1 is 0.875 bits per heavy atom. The molecule has 0 unspecified atom stereocenters. The molecule has 1 heterocycles. The molecule has 40 heavy (non-hydrogen) atoms. The lowest BCUT2D eigenvalue weighted by molar-refractivity contribution is -0.109. The quantitative estimate of drug-likeness (QED) is 0.292. The molecule has 0 radical (unpaired) electrons. The lowest BCUT2D eigenvalue weighted by Gasteiger charge is -2.53. The van der Waals surface area contributed by atoms with Crippen LogP contribution in [0, 0.1) is 17.3 Å². The van der Waals surface area contributed by atoms with Crippen LogP contribution in [0.2, 0.25) is 0 Å².